The van der Waals surface area contributed by atoms with E-state index in [0.717, 1.165) is 6.42 Å². The second-order valence-electron chi connectivity index (χ2n) is 5.51. The number of hydrogen-bond acceptors (Lipinski definition) is 5. The average molecular weight is 393 g/mol. The summed E-state index contributed by atoms with van der Waals surface area (Å²) in [6.45, 7) is 3.59. The zero-order valence-corrected chi connectivity index (χ0v) is 16.0. The molecule has 1 unspecified atom stereocenters. The summed E-state index contributed by atoms with van der Waals surface area (Å²) in [5.74, 6) is -1.22. The lowest BCUT2D eigenvalue weighted by Crippen LogP contribution is -2.37. The highest BCUT2D eigenvalue weighted by molar-refractivity contribution is 7.91. The molecular formula is C16H25ClN2O5S. The Kier molecular flexibility index (Phi) is 10.3. The normalized spacial score (nSPS) is 12.1. The van der Waals surface area contributed by atoms with Crippen molar-refractivity contribution in [1.29, 1.82) is 0 Å². The highest BCUT2D eigenvalue weighted by atomic mass is 35.5. The van der Waals surface area contributed by atoms with Crippen LogP contribution in [0, 0.1) is 0 Å². The van der Waals surface area contributed by atoms with Crippen molar-refractivity contribution in [2.45, 2.75) is 44.0 Å². The van der Waals surface area contributed by atoms with Crippen LogP contribution < -0.4 is 10.6 Å². The molecule has 1 atom stereocenters. The number of carboxylic acids is 1. The third-order valence-electron chi connectivity index (χ3n) is 3.39. The molecule has 0 saturated carbocycles. The minimum atomic E-state index is -3.44. The Morgan fingerprint density at radius 2 is 1.80 bits per heavy atom. The maximum atomic E-state index is 12.2. The van der Waals surface area contributed by atoms with E-state index in [1.807, 2.05) is 6.92 Å². The number of halogens is 1. The fourth-order valence-corrected chi connectivity index (χ4v) is 3.52. The van der Waals surface area contributed by atoms with Crippen LogP contribution in [0.2, 0.25) is 0 Å². The molecule has 0 aliphatic rings. The van der Waals surface area contributed by atoms with Gasteiger partial charge in [0.25, 0.3) is 0 Å². The van der Waals surface area contributed by atoms with Crippen LogP contribution >= 0.6 is 12.4 Å². The molecule has 0 aliphatic heterocycles. The Hall–Kier alpha value is -1.64. The predicted molar refractivity (Wildman–Crippen MR) is 99.0 cm³/mol. The second kappa shape index (κ2) is 11.1. The molecule has 7 nitrogen and oxygen atoms in total. The van der Waals surface area contributed by atoms with Gasteiger partial charge in [-0.2, -0.15) is 0 Å². The molecule has 142 valence electrons. The van der Waals surface area contributed by atoms with E-state index in [9.17, 15) is 18.0 Å². The van der Waals surface area contributed by atoms with Crippen molar-refractivity contribution >= 4 is 39.8 Å². The zero-order chi connectivity index (χ0) is 18.2. The van der Waals surface area contributed by atoms with E-state index in [2.05, 4.69) is 10.6 Å². The topological polar surface area (TPSA) is 113 Å². The molecule has 0 bridgehead atoms. The fourth-order valence-electron chi connectivity index (χ4n) is 2.21. The van der Waals surface area contributed by atoms with Gasteiger partial charge < -0.3 is 15.7 Å². The van der Waals surface area contributed by atoms with Gasteiger partial charge in [0, 0.05) is 12.6 Å². The molecule has 1 aromatic carbocycles. The Morgan fingerprint density at radius 3 is 2.28 bits per heavy atom. The first-order valence-corrected chi connectivity index (χ1v) is 9.48. The third kappa shape index (κ3) is 8.33. The van der Waals surface area contributed by atoms with Crippen LogP contribution in [0.3, 0.4) is 0 Å². The summed E-state index contributed by atoms with van der Waals surface area (Å²) in [5.41, 5.74) is 0.534. The number of aliphatic carboxylic acids is 1. The number of carboxylic acid groups (broad SMARTS) is 1. The molecular weight excluding hydrogens is 368 g/mol. The van der Waals surface area contributed by atoms with E-state index in [1.54, 1.807) is 0 Å². The predicted octanol–water partition coefficient (Wildman–Crippen LogP) is 2.07. The molecule has 1 amide bonds. The molecule has 25 heavy (non-hydrogen) atoms. The van der Waals surface area contributed by atoms with E-state index in [1.165, 1.54) is 31.2 Å². The van der Waals surface area contributed by atoms with Gasteiger partial charge in [0.05, 0.1) is 10.6 Å². The maximum Gasteiger partial charge on any atom is 0.320 e. The van der Waals surface area contributed by atoms with E-state index in [-0.39, 0.29) is 29.0 Å². The van der Waals surface area contributed by atoms with Gasteiger partial charge in [-0.3, -0.25) is 9.59 Å². The number of anilines is 1. The van der Waals surface area contributed by atoms with Crippen molar-refractivity contribution in [3.05, 3.63) is 24.3 Å². The molecule has 1 aromatic rings. The molecule has 0 fully saturated rings. The largest absolute Gasteiger partial charge is 0.480 e. The summed E-state index contributed by atoms with van der Waals surface area (Å²) in [5, 5.41) is 14.5. The van der Waals surface area contributed by atoms with Gasteiger partial charge in [-0.05, 0) is 43.7 Å². The lowest BCUT2D eigenvalue weighted by molar-refractivity contribution is -0.139. The summed E-state index contributed by atoms with van der Waals surface area (Å²) < 4.78 is 24.5. The highest BCUT2D eigenvalue weighted by Gasteiger charge is 2.17. The van der Waals surface area contributed by atoms with Gasteiger partial charge in [0.15, 0.2) is 9.84 Å². The second-order valence-corrected chi connectivity index (χ2v) is 7.62. The smallest absolute Gasteiger partial charge is 0.320 e. The summed E-state index contributed by atoms with van der Waals surface area (Å²) in [6, 6.07) is 5.33. The zero-order valence-electron chi connectivity index (χ0n) is 14.3. The number of carbonyl (C=O) groups is 2. The van der Waals surface area contributed by atoms with Gasteiger partial charge in [0.1, 0.15) is 6.04 Å². The van der Waals surface area contributed by atoms with Crippen molar-refractivity contribution in [3.63, 3.8) is 0 Å². The van der Waals surface area contributed by atoms with Crippen molar-refractivity contribution in [2.75, 3.05) is 17.6 Å². The number of nitrogens with one attached hydrogen (secondary N) is 2. The molecule has 0 aromatic heterocycles. The summed E-state index contributed by atoms with van der Waals surface area (Å²) in [7, 11) is -3.44. The monoisotopic (exact) mass is 392 g/mol. The number of amides is 1. The van der Waals surface area contributed by atoms with Crippen LogP contribution in [0.1, 0.15) is 33.1 Å². The van der Waals surface area contributed by atoms with Crippen LogP contribution in [0.4, 0.5) is 5.69 Å². The molecule has 9 heteroatoms. The quantitative estimate of drug-likeness (QED) is 0.525. The van der Waals surface area contributed by atoms with Crippen molar-refractivity contribution in [3.8, 4) is 0 Å². The molecule has 3 N–H and O–H groups in total. The number of carbonyl (C=O) groups excluding carboxylic acids is 1. The van der Waals surface area contributed by atoms with Crippen molar-refractivity contribution in [1.82, 2.24) is 5.32 Å². The van der Waals surface area contributed by atoms with Gasteiger partial charge in [-0.15, -0.1) is 12.4 Å². The van der Waals surface area contributed by atoms with Crippen LogP contribution in [0.15, 0.2) is 29.2 Å². The molecule has 1 rings (SSSR count). The van der Waals surface area contributed by atoms with E-state index < -0.39 is 21.8 Å². The maximum absolute atomic E-state index is 12.2. The SMILES string of the molecule is CCCC(NCCCS(=O)(=O)c1ccc(NC(C)=O)cc1)C(=O)O.Cl. The van der Waals surface area contributed by atoms with E-state index in [4.69, 9.17) is 5.11 Å². The fraction of sp³-hybridized carbons (Fsp3) is 0.500. The third-order valence-corrected chi connectivity index (χ3v) is 5.21. The molecule has 0 radical (unpaired) electrons. The first kappa shape index (κ1) is 23.4. The van der Waals surface area contributed by atoms with Crippen LogP contribution in [-0.4, -0.2) is 43.7 Å². The Morgan fingerprint density at radius 1 is 1.20 bits per heavy atom. The first-order chi connectivity index (χ1) is 11.3. The molecule has 0 aliphatic carbocycles. The van der Waals surface area contributed by atoms with E-state index >= 15 is 0 Å². The molecule has 0 saturated heterocycles. The average Bonchev–Trinajstić information content (AvgIpc) is 2.50. The number of rotatable bonds is 10. The highest BCUT2D eigenvalue weighted by Crippen LogP contribution is 2.16. The van der Waals surface area contributed by atoms with Gasteiger partial charge in [-0.1, -0.05) is 13.3 Å². The Bertz CT molecular complexity index is 662. The number of hydrogen-bond donors (Lipinski definition) is 3. The number of benzene rings is 1. The molecule has 0 heterocycles. The van der Waals surface area contributed by atoms with Crippen LogP contribution in [-0.2, 0) is 19.4 Å². The van der Waals surface area contributed by atoms with Crippen molar-refractivity contribution in [2.24, 2.45) is 0 Å². The minimum absolute atomic E-state index is 0. The molecule has 0 spiro atoms. The van der Waals surface area contributed by atoms with Crippen LogP contribution in [0.5, 0.6) is 0 Å². The van der Waals surface area contributed by atoms with Gasteiger partial charge in [0.2, 0.25) is 5.91 Å². The van der Waals surface area contributed by atoms with E-state index in [0.29, 0.717) is 25.1 Å². The first-order valence-electron chi connectivity index (χ1n) is 7.83. The summed E-state index contributed by atoms with van der Waals surface area (Å²) in [6.07, 6.45) is 1.57. The Balaban J connectivity index is 0.00000576. The van der Waals surface area contributed by atoms with Gasteiger partial charge in [-0.25, -0.2) is 8.42 Å². The Labute approximate surface area is 154 Å². The number of sulfone groups is 1. The lowest BCUT2D eigenvalue weighted by atomic mass is 10.1. The summed E-state index contributed by atoms with van der Waals surface area (Å²) >= 11 is 0. The van der Waals surface area contributed by atoms with Crippen LogP contribution in [0.25, 0.3) is 0 Å². The van der Waals surface area contributed by atoms with Crippen molar-refractivity contribution < 1.29 is 23.1 Å². The summed E-state index contributed by atoms with van der Waals surface area (Å²) in [4.78, 5) is 22.1. The lowest BCUT2D eigenvalue weighted by Gasteiger charge is -2.13. The minimum Gasteiger partial charge on any atom is -0.480 e. The van der Waals surface area contributed by atoms with Gasteiger partial charge >= 0.3 is 5.97 Å². The standard InChI is InChI=1S/C16H24N2O5S.ClH/c1-3-5-15(16(20)21)17-10-4-11-24(22,23)14-8-6-13(7-9-14)18-12(2)19;/h6-9,15,17H,3-5,10-11H2,1-2H3,(H,18,19)(H,20,21);1H.